The lowest BCUT2D eigenvalue weighted by Gasteiger charge is -2.21. The van der Waals surface area contributed by atoms with Crippen LogP contribution in [0, 0.1) is 29.6 Å². The van der Waals surface area contributed by atoms with Gasteiger partial charge in [-0.15, -0.1) is 0 Å². The molecule has 2 aromatic carbocycles. The predicted molar refractivity (Wildman–Crippen MR) is 337 cm³/mol. The van der Waals surface area contributed by atoms with Gasteiger partial charge in [-0.2, -0.15) is 0 Å². The third-order valence-corrected chi connectivity index (χ3v) is 17.1. The molecule has 3 N–H and O–H groups in total. The summed E-state index contributed by atoms with van der Waals surface area (Å²) in [6.45, 7) is 28.3. The standard InChI is InChI=1S/C71H92N6O5/c1-14-55-48(8)60-40-61-49(9)57(35-36-66(78)82-38-37-47(7)30-24-29-46(6)28-23-27-45(5)26-22-25-44(3)4)69(76-61)58(39-67(79)81-13)70-68(71(80)73-52(12)54-33-20-17-21-34-54)50(10)62(77-70)41-64-56(15-2)59(65(75-64)42-63(55)74-60)43-72-51(11)53-31-18-16-19-32-53/h14,16-21,31-34,37,40-46,49,51-52,57,72,76H,1,15,22-30,35-36,38-39H2,2-13H3,(H,73,80)/b47-37+,59-43+,61-40?,62-41?,63-42?,69-58?. The van der Waals surface area contributed by atoms with E-state index in [4.69, 9.17) is 24.5 Å². The largest absolute Gasteiger partial charge is 0.469 e. The summed E-state index contributed by atoms with van der Waals surface area (Å²) in [5.74, 6) is 0.642. The maximum absolute atomic E-state index is 15.1. The van der Waals surface area contributed by atoms with E-state index < -0.39 is 5.97 Å². The van der Waals surface area contributed by atoms with Crippen LogP contribution >= 0.6 is 0 Å². The number of hydrogen-bond donors (Lipinski definition) is 3. The Morgan fingerprint density at radius 2 is 1.39 bits per heavy atom. The summed E-state index contributed by atoms with van der Waals surface area (Å²) < 4.78 is 11.3. The molecule has 1 amide bonds. The first kappa shape index (κ1) is 62.5. The highest BCUT2D eigenvalue weighted by atomic mass is 16.5. The minimum atomic E-state index is -0.497. The van der Waals surface area contributed by atoms with Crippen molar-refractivity contribution < 1.29 is 23.9 Å². The van der Waals surface area contributed by atoms with Crippen LogP contribution < -0.4 is 16.0 Å². The van der Waals surface area contributed by atoms with E-state index in [0.29, 0.717) is 58.3 Å². The van der Waals surface area contributed by atoms with Crippen molar-refractivity contribution in [3.63, 3.8) is 0 Å². The van der Waals surface area contributed by atoms with Gasteiger partial charge in [-0.3, -0.25) is 14.4 Å². The number of methoxy groups -OCH3 is 1. The molecule has 11 nitrogen and oxygen atoms in total. The number of rotatable bonds is 27. The minimum Gasteiger partial charge on any atom is -0.469 e. The van der Waals surface area contributed by atoms with Crippen LogP contribution in [0.4, 0.5) is 0 Å². The number of amides is 1. The summed E-state index contributed by atoms with van der Waals surface area (Å²) in [7, 11) is 1.37. The third kappa shape index (κ3) is 16.1. The van der Waals surface area contributed by atoms with E-state index in [-0.39, 0.29) is 55.2 Å². The molecule has 2 aromatic rings. The Morgan fingerprint density at radius 3 is 2.02 bits per heavy atom. The number of esters is 2. The molecule has 8 bridgehead atoms. The Bertz CT molecular complexity index is 3080. The molecule has 0 aromatic heterocycles. The number of hydrogen-bond acceptors (Lipinski definition) is 10. The SMILES string of the molecule is C=CC1=C(C)C2=NC1=CC1=NC(=C(CC)/C1=C\NC(C)c1ccccc1)C=C1N=C(C(CC(=O)OC)=C3NC(=C2)C(C)C3CCC(=O)OC/C=C(\C)CCCC(C)CCCC(C)CCCC(C)C)C(C(=O)NC(C)c2ccccc2)=C1C. The van der Waals surface area contributed by atoms with Crippen LogP contribution in [0.15, 0.2) is 192 Å². The second kappa shape index (κ2) is 29.7. The van der Waals surface area contributed by atoms with Crippen molar-refractivity contribution in [2.45, 2.75) is 172 Å². The number of ether oxygens (including phenoxy) is 2. The number of fused-ring (bicyclic) bond motifs is 5. The Labute approximate surface area is 490 Å². The van der Waals surface area contributed by atoms with E-state index in [1.54, 1.807) is 0 Å². The van der Waals surface area contributed by atoms with Gasteiger partial charge in [-0.25, -0.2) is 15.0 Å². The summed E-state index contributed by atoms with van der Waals surface area (Å²) in [5, 5.41) is 10.7. The molecule has 5 aliphatic rings. The van der Waals surface area contributed by atoms with Crippen LogP contribution in [-0.4, -0.2) is 48.7 Å². The van der Waals surface area contributed by atoms with Crippen molar-refractivity contribution in [2.24, 2.45) is 44.6 Å². The monoisotopic (exact) mass is 1110 g/mol. The van der Waals surface area contributed by atoms with Crippen molar-refractivity contribution in [2.75, 3.05) is 13.7 Å². The zero-order valence-corrected chi connectivity index (χ0v) is 51.3. The molecule has 0 saturated carbocycles. The molecule has 5 heterocycles. The zero-order chi connectivity index (χ0) is 59.0. The molecule has 0 spiro atoms. The quantitative estimate of drug-likeness (QED) is 0.0597. The smallest absolute Gasteiger partial charge is 0.310 e. The minimum absolute atomic E-state index is 0.00348. The van der Waals surface area contributed by atoms with Gasteiger partial charge in [0.15, 0.2) is 0 Å². The summed E-state index contributed by atoms with van der Waals surface area (Å²) in [4.78, 5) is 58.7. The highest BCUT2D eigenvalue weighted by Gasteiger charge is 2.40. The number of benzene rings is 2. The van der Waals surface area contributed by atoms with Gasteiger partial charge in [0.1, 0.15) is 6.61 Å². The lowest BCUT2D eigenvalue weighted by molar-refractivity contribution is -0.143. The van der Waals surface area contributed by atoms with Gasteiger partial charge in [0.05, 0.1) is 59.4 Å². The number of carbonyl (C=O) groups is 3. The van der Waals surface area contributed by atoms with Crippen molar-refractivity contribution in [1.29, 1.82) is 0 Å². The van der Waals surface area contributed by atoms with E-state index >= 15 is 4.79 Å². The van der Waals surface area contributed by atoms with E-state index in [1.165, 1.54) is 57.6 Å². The number of carbonyl (C=O) groups excluding carboxylic acids is 3. The summed E-state index contributed by atoms with van der Waals surface area (Å²) >= 11 is 0. The van der Waals surface area contributed by atoms with Crippen LogP contribution in [0.5, 0.6) is 0 Å². The lowest BCUT2D eigenvalue weighted by Crippen LogP contribution is -2.32. The normalized spacial score (nSPS) is 20.0. The molecule has 6 atom stereocenters. The van der Waals surface area contributed by atoms with Gasteiger partial charge in [-0.1, -0.05) is 165 Å². The zero-order valence-electron chi connectivity index (χ0n) is 51.3. The Hall–Kier alpha value is -7.14. The van der Waals surface area contributed by atoms with E-state index in [0.717, 1.165) is 80.9 Å². The fourth-order valence-electron chi connectivity index (χ4n) is 11.8. The fourth-order valence-corrected chi connectivity index (χ4v) is 11.8. The van der Waals surface area contributed by atoms with Crippen molar-refractivity contribution in [3.05, 3.63) is 188 Å². The van der Waals surface area contributed by atoms with Gasteiger partial charge in [0.25, 0.3) is 5.91 Å². The molecular weight excluding hydrogens is 1020 g/mol. The van der Waals surface area contributed by atoms with Crippen LogP contribution in [0.1, 0.15) is 183 Å². The Balaban J connectivity index is 1.22. The van der Waals surface area contributed by atoms with E-state index in [1.807, 2.05) is 99.8 Å². The Morgan fingerprint density at radius 1 is 0.744 bits per heavy atom. The maximum atomic E-state index is 15.1. The topological polar surface area (TPSA) is 143 Å². The maximum Gasteiger partial charge on any atom is 0.310 e. The average molecular weight is 1110 g/mol. The average Bonchev–Trinajstić information content (AvgIpc) is 4.28. The van der Waals surface area contributed by atoms with Gasteiger partial charge in [-0.05, 0) is 130 Å². The van der Waals surface area contributed by atoms with Gasteiger partial charge >= 0.3 is 11.9 Å². The van der Waals surface area contributed by atoms with Crippen LogP contribution in [0.3, 0.4) is 0 Å². The van der Waals surface area contributed by atoms with Gasteiger partial charge < -0.3 is 25.4 Å². The third-order valence-electron chi connectivity index (χ3n) is 17.1. The van der Waals surface area contributed by atoms with Crippen molar-refractivity contribution in [1.82, 2.24) is 16.0 Å². The molecule has 0 radical (unpaired) electrons. The number of nitrogens with zero attached hydrogens (tertiary/aromatic N) is 3. The fraction of sp³-hybridized carbons (Fsp3) is 0.465. The summed E-state index contributed by atoms with van der Waals surface area (Å²) in [5.41, 5.74) is 13.9. The van der Waals surface area contributed by atoms with Crippen LogP contribution in [-0.2, 0) is 23.9 Å². The summed E-state index contributed by atoms with van der Waals surface area (Å²) in [6, 6.07) is 19.8. The highest BCUT2D eigenvalue weighted by molar-refractivity contribution is 6.31. The molecule has 82 heavy (non-hydrogen) atoms. The number of allylic oxidation sites excluding steroid dienone is 11. The lowest BCUT2D eigenvalue weighted by atomic mass is 9.84. The van der Waals surface area contributed by atoms with Gasteiger partial charge in [0.2, 0.25) is 0 Å². The second-order valence-electron chi connectivity index (χ2n) is 23.8. The highest BCUT2D eigenvalue weighted by Crippen LogP contribution is 2.43. The molecular formula is C71H92N6O5. The van der Waals surface area contributed by atoms with Crippen molar-refractivity contribution >= 4 is 35.0 Å². The molecule has 6 unspecified atom stereocenters. The van der Waals surface area contributed by atoms with Crippen molar-refractivity contribution in [3.8, 4) is 0 Å². The molecule has 1 fully saturated rings. The van der Waals surface area contributed by atoms with Crippen LogP contribution in [0.25, 0.3) is 0 Å². The Kier molecular flexibility index (Phi) is 22.6. The molecule has 7 rings (SSSR count). The number of nitrogens with one attached hydrogen (secondary N) is 3. The first-order chi connectivity index (χ1) is 39.4. The first-order valence-corrected chi connectivity index (χ1v) is 30.4. The first-order valence-electron chi connectivity index (χ1n) is 30.4. The van der Waals surface area contributed by atoms with E-state index in [9.17, 15) is 9.59 Å². The number of aliphatic imine (C=N–C) groups is 3. The molecule has 5 aliphatic heterocycles. The second-order valence-corrected chi connectivity index (χ2v) is 23.8. The molecule has 11 heteroatoms. The molecule has 0 aliphatic carbocycles. The van der Waals surface area contributed by atoms with Crippen LogP contribution in [0.2, 0.25) is 0 Å². The molecule has 1 saturated heterocycles. The summed E-state index contributed by atoms with van der Waals surface area (Å²) in [6.07, 6.45) is 24.1. The van der Waals surface area contributed by atoms with Gasteiger partial charge in [0, 0.05) is 58.6 Å². The van der Waals surface area contributed by atoms with E-state index in [2.05, 4.69) is 96.1 Å². The predicted octanol–water partition coefficient (Wildman–Crippen LogP) is 16.0. The molecule has 436 valence electrons.